The molecule has 1 fully saturated rings. The predicted octanol–water partition coefficient (Wildman–Crippen LogP) is 0.945. The number of nitrogens with one attached hydrogen (secondary N) is 4. The van der Waals surface area contributed by atoms with E-state index in [1.54, 1.807) is 19.1 Å². The summed E-state index contributed by atoms with van der Waals surface area (Å²) in [6.07, 6.45) is 1.97. The lowest BCUT2D eigenvalue weighted by atomic mass is 10.1. The molecule has 0 atom stereocenters. The van der Waals surface area contributed by atoms with E-state index in [1.807, 2.05) is 6.92 Å². The number of hydrogen-bond acceptors (Lipinski definition) is 3. The number of aryl methyl sites for hydroxylation is 1. The minimum atomic E-state index is -0.392. The minimum Gasteiger partial charge on any atom is -0.357 e. The lowest BCUT2D eigenvalue weighted by Gasteiger charge is -2.12. The standard InChI is InChI=1S/C19H28FN5O2/c1-3-21-19(24-10-8-22-17(26)14-6-7-14)25-11-9-23-18(27)15-5-4-13(2)16(20)12-15/h4-5,12,14H,3,6-11H2,1-2H3,(H,22,26)(H,23,27)(H2,21,24,25). The van der Waals surface area contributed by atoms with E-state index >= 15 is 0 Å². The van der Waals surface area contributed by atoms with Gasteiger partial charge in [-0.2, -0.15) is 0 Å². The van der Waals surface area contributed by atoms with Gasteiger partial charge in [-0.15, -0.1) is 0 Å². The number of nitrogens with zero attached hydrogens (tertiary/aromatic N) is 1. The van der Waals surface area contributed by atoms with Gasteiger partial charge in [-0.25, -0.2) is 4.39 Å². The van der Waals surface area contributed by atoms with Gasteiger partial charge in [-0.05, 0) is 44.4 Å². The molecule has 2 rings (SSSR count). The number of amides is 2. The smallest absolute Gasteiger partial charge is 0.251 e. The molecule has 2 amide bonds. The average molecular weight is 377 g/mol. The van der Waals surface area contributed by atoms with Crippen LogP contribution in [0.3, 0.4) is 0 Å². The number of aliphatic imine (C=N–C) groups is 1. The highest BCUT2D eigenvalue weighted by molar-refractivity contribution is 5.94. The topological polar surface area (TPSA) is 94.6 Å². The van der Waals surface area contributed by atoms with E-state index in [1.165, 1.54) is 6.07 Å². The highest BCUT2D eigenvalue weighted by Crippen LogP contribution is 2.28. The SMILES string of the molecule is CCNC(=NCCNC(=O)C1CC1)NCCNC(=O)c1ccc(C)c(F)c1. The van der Waals surface area contributed by atoms with Gasteiger partial charge < -0.3 is 21.3 Å². The van der Waals surface area contributed by atoms with E-state index in [0.717, 1.165) is 12.8 Å². The van der Waals surface area contributed by atoms with Crippen LogP contribution in [0.1, 0.15) is 35.7 Å². The number of benzene rings is 1. The quantitative estimate of drug-likeness (QED) is 0.293. The van der Waals surface area contributed by atoms with Crippen LogP contribution >= 0.6 is 0 Å². The van der Waals surface area contributed by atoms with Gasteiger partial charge in [0.15, 0.2) is 5.96 Å². The van der Waals surface area contributed by atoms with Crippen LogP contribution in [0.5, 0.6) is 0 Å². The molecule has 1 aromatic rings. The monoisotopic (exact) mass is 377 g/mol. The Morgan fingerprint density at radius 3 is 2.52 bits per heavy atom. The van der Waals surface area contributed by atoms with Gasteiger partial charge in [0.05, 0.1) is 6.54 Å². The fourth-order valence-electron chi connectivity index (χ4n) is 2.37. The van der Waals surface area contributed by atoms with Crippen LogP contribution in [0.4, 0.5) is 4.39 Å². The number of carbonyl (C=O) groups is 2. The molecule has 0 heterocycles. The van der Waals surface area contributed by atoms with Crippen molar-refractivity contribution in [1.82, 2.24) is 21.3 Å². The summed E-state index contributed by atoms with van der Waals surface area (Å²) in [5.41, 5.74) is 0.804. The van der Waals surface area contributed by atoms with Gasteiger partial charge in [0.1, 0.15) is 5.82 Å². The lowest BCUT2D eigenvalue weighted by molar-refractivity contribution is -0.122. The van der Waals surface area contributed by atoms with Gasteiger partial charge in [-0.1, -0.05) is 6.07 Å². The van der Waals surface area contributed by atoms with Gasteiger partial charge >= 0.3 is 0 Å². The van der Waals surface area contributed by atoms with Gasteiger partial charge in [0, 0.05) is 37.7 Å². The molecule has 1 aliphatic rings. The molecular weight excluding hydrogens is 349 g/mol. The Balaban J connectivity index is 1.68. The highest BCUT2D eigenvalue weighted by atomic mass is 19.1. The summed E-state index contributed by atoms with van der Waals surface area (Å²) in [5.74, 6) is 0.217. The Morgan fingerprint density at radius 1 is 1.11 bits per heavy atom. The first-order valence-electron chi connectivity index (χ1n) is 9.35. The molecule has 27 heavy (non-hydrogen) atoms. The van der Waals surface area contributed by atoms with Crippen molar-refractivity contribution >= 4 is 17.8 Å². The van der Waals surface area contributed by atoms with Crippen LogP contribution in [0.2, 0.25) is 0 Å². The third kappa shape index (κ3) is 7.24. The maximum Gasteiger partial charge on any atom is 0.251 e. The largest absolute Gasteiger partial charge is 0.357 e. The second kappa shape index (κ2) is 10.5. The Labute approximate surface area is 159 Å². The zero-order valence-corrected chi connectivity index (χ0v) is 15.9. The van der Waals surface area contributed by atoms with Crippen molar-refractivity contribution in [3.8, 4) is 0 Å². The third-order valence-electron chi connectivity index (χ3n) is 4.11. The Morgan fingerprint density at radius 2 is 1.85 bits per heavy atom. The summed E-state index contributed by atoms with van der Waals surface area (Å²) < 4.78 is 13.5. The van der Waals surface area contributed by atoms with Crippen LogP contribution < -0.4 is 21.3 Å². The zero-order chi connectivity index (χ0) is 19.6. The summed E-state index contributed by atoms with van der Waals surface area (Å²) in [6, 6.07) is 4.42. The fraction of sp³-hybridized carbons (Fsp3) is 0.526. The summed E-state index contributed by atoms with van der Waals surface area (Å²) in [6.45, 7) is 6.14. The Hall–Kier alpha value is -2.64. The molecule has 0 spiro atoms. The van der Waals surface area contributed by atoms with E-state index in [9.17, 15) is 14.0 Å². The third-order valence-corrected chi connectivity index (χ3v) is 4.11. The van der Waals surface area contributed by atoms with Crippen molar-refractivity contribution in [1.29, 1.82) is 0 Å². The molecule has 0 aromatic heterocycles. The van der Waals surface area contributed by atoms with Crippen molar-refractivity contribution in [2.75, 3.05) is 32.7 Å². The van der Waals surface area contributed by atoms with E-state index < -0.39 is 5.82 Å². The predicted molar refractivity (Wildman–Crippen MR) is 103 cm³/mol. The molecule has 0 radical (unpaired) electrons. The van der Waals surface area contributed by atoms with Crippen molar-refractivity contribution in [3.05, 3.63) is 35.1 Å². The van der Waals surface area contributed by atoms with Crippen molar-refractivity contribution in [2.45, 2.75) is 26.7 Å². The molecule has 1 saturated carbocycles. The average Bonchev–Trinajstić information content (AvgIpc) is 3.49. The molecule has 1 aromatic carbocycles. The van der Waals surface area contributed by atoms with Crippen LogP contribution in [0, 0.1) is 18.7 Å². The van der Waals surface area contributed by atoms with Gasteiger partial charge in [0.2, 0.25) is 5.91 Å². The molecule has 0 bridgehead atoms. The molecule has 0 saturated heterocycles. The summed E-state index contributed by atoms with van der Waals surface area (Å²) in [4.78, 5) is 28.0. The summed E-state index contributed by atoms with van der Waals surface area (Å²) in [7, 11) is 0. The molecule has 8 heteroatoms. The van der Waals surface area contributed by atoms with Crippen molar-refractivity contribution in [3.63, 3.8) is 0 Å². The minimum absolute atomic E-state index is 0.110. The van der Waals surface area contributed by atoms with Gasteiger partial charge in [-0.3, -0.25) is 14.6 Å². The fourth-order valence-corrected chi connectivity index (χ4v) is 2.37. The van der Waals surface area contributed by atoms with E-state index in [4.69, 9.17) is 0 Å². The first-order chi connectivity index (χ1) is 13.0. The lowest BCUT2D eigenvalue weighted by Crippen LogP contribution is -2.42. The highest BCUT2D eigenvalue weighted by Gasteiger charge is 2.28. The molecule has 7 nitrogen and oxygen atoms in total. The van der Waals surface area contributed by atoms with Crippen LogP contribution in [0.25, 0.3) is 0 Å². The molecule has 0 aliphatic heterocycles. The normalized spacial score (nSPS) is 13.8. The summed E-state index contributed by atoms with van der Waals surface area (Å²) >= 11 is 0. The number of rotatable bonds is 9. The molecule has 148 valence electrons. The number of guanidine groups is 1. The molecular formula is C19H28FN5O2. The number of hydrogen-bond donors (Lipinski definition) is 4. The molecule has 0 unspecified atom stereocenters. The Kier molecular flexibility index (Phi) is 8.03. The zero-order valence-electron chi connectivity index (χ0n) is 15.9. The maximum absolute atomic E-state index is 13.5. The molecule has 1 aliphatic carbocycles. The van der Waals surface area contributed by atoms with E-state index in [2.05, 4.69) is 26.3 Å². The maximum atomic E-state index is 13.5. The van der Waals surface area contributed by atoms with Crippen molar-refractivity contribution in [2.24, 2.45) is 10.9 Å². The Bertz CT molecular complexity index is 689. The number of halogens is 1. The second-order valence-corrected chi connectivity index (χ2v) is 6.47. The van der Waals surface area contributed by atoms with Crippen LogP contribution in [-0.2, 0) is 4.79 Å². The first-order valence-corrected chi connectivity index (χ1v) is 9.35. The van der Waals surface area contributed by atoms with Gasteiger partial charge in [0.25, 0.3) is 5.91 Å². The summed E-state index contributed by atoms with van der Waals surface area (Å²) in [5, 5.41) is 11.8. The van der Waals surface area contributed by atoms with E-state index in [0.29, 0.717) is 49.8 Å². The van der Waals surface area contributed by atoms with Crippen LogP contribution in [-0.4, -0.2) is 50.5 Å². The van der Waals surface area contributed by atoms with Crippen molar-refractivity contribution < 1.29 is 14.0 Å². The number of carbonyl (C=O) groups excluding carboxylic acids is 2. The van der Waals surface area contributed by atoms with Crippen LogP contribution in [0.15, 0.2) is 23.2 Å². The second-order valence-electron chi connectivity index (χ2n) is 6.47. The first kappa shape index (κ1) is 20.7. The van der Waals surface area contributed by atoms with E-state index in [-0.39, 0.29) is 17.7 Å². The molecule has 4 N–H and O–H groups in total.